The number of fused-ring (bicyclic) bond motifs is 1. The van der Waals surface area contributed by atoms with E-state index in [9.17, 15) is 36.3 Å². The van der Waals surface area contributed by atoms with Crippen molar-refractivity contribution in [2.24, 2.45) is 17.8 Å². The summed E-state index contributed by atoms with van der Waals surface area (Å²) < 4.78 is 77.4. The summed E-state index contributed by atoms with van der Waals surface area (Å²) in [6, 6.07) is 2.40. The van der Waals surface area contributed by atoms with E-state index < -0.39 is 66.5 Å². The second-order valence-electron chi connectivity index (χ2n) is 14.1. The molecule has 3 aromatic rings. The molecule has 0 radical (unpaired) electrons. The molecule has 2 fully saturated rings. The van der Waals surface area contributed by atoms with Crippen LogP contribution in [0.2, 0.25) is 0 Å². The number of alkyl halides is 5. The highest BCUT2D eigenvalue weighted by atomic mass is 19.4. The number of imidazole rings is 1. The molecule has 0 spiro atoms. The van der Waals surface area contributed by atoms with Gasteiger partial charge >= 0.3 is 12.3 Å². The molecule has 13 nitrogen and oxygen atoms in total. The third kappa shape index (κ3) is 9.64. The maximum atomic E-state index is 14.2. The molecule has 51 heavy (non-hydrogen) atoms. The van der Waals surface area contributed by atoms with Crippen LogP contribution >= 0.6 is 0 Å². The van der Waals surface area contributed by atoms with Crippen LogP contribution in [-0.4, -0.2) is 79.6 Å². The van der Waals surface area contributed by atoms with E-state index in [0.717, 1.165) is 0 Å². The Morgan fingerprint density at radius 3 is 2.55 bits per heavy atom. The zero-order chi connectivity index (χ0) is 37.1. The van der Waals surface area contributed by atoms with Crippen molar-refractivity contribution in [1.82, 2.24) is 40.3 Å². The van der Waals surface area contributed by atoms with E-state index in [1.807, 2.05) is 6.92 Å². The summed E-state index contributed by atoms with van der Waals surface area (Å²) in [5.41, 5.74) is 0.892. The quantitative estimate of drug-likeness (QED) is 0.158. The number of hydrogen-bond acceptors (Lipinski definition) is 8. The Morgan fingerprint density at radius 1 is 1.16 bits per heavy atom. The summed E-state index contributed by atoms with van der Waals surface area (Å²) in [5, 5.41) is 19.9. The Hall–Kier alpha value is -4.51. The zero-order valence-electron chi connectivity index (χ0n) is 28.9. The molecular formula is C33H44F5N9O4. The molecule has 3 atom stereocenters. The molecule has 1 aliphatic carbocycles. The first-order chi connectivity index (χ1) is 23.9. The number of piperidine rings is 1. The van der Waals surface area contributed by atoms with E-state index in [4.69, 9.17) is 9.72 Å². The Labute approximate surface area is 291 Å². The number of hydrogen-bond donors (Lipinski definition) is 4. The van der Waals surface area contributed by atoms with Gasteiger partial charge in [0.1, 0.15) is 11.3 Å². The van der Waals surface area contributed by atoms with Gasteiger partial charge < -0.3 is 26.0 Å². The largest absolute Gasteiger partial charge is 0.444 e. The fraction of sp³-hybridized carbons (Fsp3) is 0.636. The summed E-state index contributed by atoms with van der Waals surface area (Å²) >= 11 is 0. The van der Waals surface area contributed by atoms with Crippen LogP contribution in [0.4, 0.5) is 32.4 Å². The van der Waals surface area contributed by atoms with Gasteiger partial charge in [-0.15, -0.1) is 0 Å². The number of aromatic nitrogens is 5. The van der Waals surface area contributed by atoms with Gasteiger partial charge in [0.05, 0.1) is 35.2 Å². The highest BCUT2D eigenvalue weighted by Crippen LogP contribution is 2.41. The number of rotatable bonds is 11. The third-order valence-corrected chi connectivity index (χ3v) is 9.11. The fourth-order valence-corrected chi connectivity index (χ4v) is 6.49. The monoisotopic (exact) mass is 725 g/mol. The average Bonchev–Trinajstić information content (AvgIpc) is 3.68. The average molecular weight is 726 g/mol. The Morgan fingerprint density at radius 2 is 1.88 bits per heavy atom. The van der Waals surface area contributed by atoms with E-state index in [2.05, 4.69) is 31.5 Å². The van der Waals surface area contributed by atoms with Crippen LogP contribution < -0.4 is 21.3 Å². The second kappa shape index (κ2) is 15.0. The molecular weight excluding hydrogens is 681 g/mol. The van der Waals surface area contributed by atoms with Crippen LogP contribution in [0.25, 0.3) is 5.65 Å². The number of ether oxygens (including phenoxy) is 1. The smallest absolute Gasteiger partial charge is 0.407 e. The van der Waals surface area contributed by atoms with Gasteiger partial charge in [0.25, 0.3) is 5.91 Å². The Bertz CT molecular complexity index is 1710. The minimum absolute atomic E-state index is 0.119. The fourth-order valence-electron chi connectivity index (χ4n) is 6.49. The molecule has 0 bridgehead atoms. The van der Waals surface area contributed by atoms with Crippen LogP contribution in [-0.2, 0) is 22.5 Å². The van der Waals surface area contributed by atoms with Crippen molar-refractivity contribution < 1.29 is 41.1 Å². The third-order valence-electron chi connectivity index (χ3n) is 9.11. The highest BCUT2D eigenvalue weighted by molar-refractivity contribution is 5.92. The number of halogens is 5. The van der Waals surface area contributed by atoms with E-state index in [1.165, 1.54) is 15.4 Å². The van der Waals surface area contributed by atoms with Gasteiger partial charge in [-0.25, -0.2) is 23.1 Å². The number of carbonyl (C=O) groups is 3. The summed E-state index contributed by atoms with van der Waals surface area (Å²) in [6.07, 6.45) is -3.06. The van der Waals surface area contributed by atoms with Crippen LogP contribution in [0.1, 0.15) is 87.7 Å². The number of nitrogens with zero attached hydrogens (tertiary/aromatic N) is 5. The highest BCUT2D eigenvalue weighted by Gasteiger charge is 2.45. The first kappa shape index (κ1) is 37.7. The molecule has 3 aromatic heterocycles. The lowest BCUT2D eigenvalue weighted by Gasteiger charge is -2.33. The topological polar surface area (TPSA) is 157 Å². The molecule has 4 heterocycles. The number of anilines is 1. The van der Waals surface area contributed by atoms with E-state index in [1.54, 1.807) is 39.1 Å². The van der Waals surface area contributed by atoms with Crippen molar-refractivity contribution in [2.45, 2.75) is 96.5 Å². The normalized spacial score (nSPS) is 20.5. The lowest BCUT2D eigenvalue weighted by molar-refractivity contribution is -0.183. The molecule has 1 aliphatic heterocycles. The Kier molecular flexibility index (Phi) is 11.1. The predicted octanol–water partition coefficient (Wildman–Crippen LogP) is 5.04. The molecule has 5 rings (SSSR count). The van der Waals surface area contributed by atoms with Crippen molar-refractivity contribution in [1.29, 1.82) is 0 Å². The lowest BCUT2D eigenvalue weighted by atomic mass is 9.81. The van der Waals surface area contributed by atoms with Crippen molar-refractivity contribution in [3.05, 3.63) is 41.6 Å². The van der Waals surface area contributed by atoms with E-state index in [-0.39, 0.29) is 56.8 Å². The molecule has 1 saturated heterocycles. The van der Waals surface area contributed by atoms with Crippen molar-refractivity contribution in [2.75, 3.05) is 25.0 Å². The molecule has 2 aliphatic rings. The molecule has 4 N–H and O–H groups in total. The van der Waals surface area contributed by atoms with Crippen LogP contribution in [0.5, 0.6) is 0 Å². The summed E-state index contributed by atoms with van der Waals surface area (Å²) in [6.45, 7) is 7.22. The van der Waals surface area contributed by atoms with Gasteiger partial charge in [-0.3, -0.25) is 14.3 Å². The van der Waals surface area contributed by atoms with Crippen molar-refractivity contribution >= 4 is 29.2 Å². The molecule has 1 saturated carbocycles. The van der Waals surface area contributed by atoms with Gasteiger partial charge in [-0.1, -0.05) is 0 Å². The SMILES string of the molecule is CCn1nccc1C(=O)N[C@H](c1cn2nc(C[C@H]3C[C@@H](C(F)(F)F)CNC3=O)c(NCCNC(=O)OC(C)(C)C)cc2n1)C1CCC(F)(F)CC1. The van der Waals surface area contributed by atoms with Crippen LogP contribution in [0.15, 0.2) is 24.5 Å². The van der Waals surface area contributed by atoms with Gasteiger partial charge in [0.15, 0.2) is 5.65 Å². The van der Waals surface area contributed by atoms with Crippen molar-refractivity contribution in [3.63, 3.8) is 0 Å². The molecule has 280 valence electrons. The van der Waals surface area contributed by atoms with Gasteiger partial charge in [0, 0.05) is 63.6 Å². The minimum Gasteiger partial charge on any atom is -0.444 e. The minimum atomic E-state index is -4.49. The first-order valence-electron chi connectivity index (χ1n) is 17.1. The van der Waals surface area contributed by atoms with E-state index in [0.29, 0.717) is 29.3 Å². The van der Waals surface area contributed by atoms with Gasteiger partial charge in [-0.05, 0) is 58.9 Å². The second-order valence-corrected chi connectivity index (χ2v) is 14.1. The summed E-state index contributed by atoms with van der Waals surface area (Å²) in [7, 11) is 0. The number of nitrogens with one attached hydrogen (secondary N) is 4. The number of amides is 3. The maximum absolute atomic E-state index is 14.2. The Balaban J connectivity index is 1.45. The van der Waals surface area contributed by atoms with Crippen LogP contribution in [0, 0.1) is 17.8 Å². The van der Waals surface area contributed by atoms with Crippen LogP contribution in [0.3, 0.4) is 0 Å². The van der Waals surface area contributed by atoms with Crippen molar-refractivity contribution in [3.8, 4) is 0 Å². The number of alkyl carbamates (subject to hydrolysis) is 1. The molecule has 0 aromatic carbocycles. The standard InChI is InChI=1S/C33H44F5N9O4/c1-5-46-25(8-11-42-46)29(49)44-27(19-6-9-32(34,35)10-7-19)24-18-47-26(43-24)16-22(39-12-13-40-30(50)51-31(2,3)4)23(45-47)15-20-14-21(33(36,37)38)17-41-28(20)48/h8,11,16,18-21,27,39H,5-7,9-10,12-15,17H2,1-4H3,(H,40,50)(H,41,48)(H,44,49)/t20-,21-,27+/m1/s1. The predicted molar refractivity (Wildman–Crippen MR) is 175 cm³/mol. The molecule has 0 unspecified atom stereocenters. The summed E-state index contributed by atoms with van der Waals surface area (Å²) in [4.78, 5) is 43.1. The molecule has 3 amide bonds. The van der Waals surface area contributed by atoms with E-state index >= 15 is 0 Å². The summed E-state index contributed by atoms with van der Waals surface area (Å²) in [5.74, 6) is -6.91. The lowest BCUT2D eigenvalue weighted by Crippen LogP contribution is -2.47. The number of aryl methyl sites for hydroxylation is 1. The molecule has 18 heteroatoms. The number of carbonyl (C=O) groups excluding carboxylic acids is 3. The zero-order valence-corrected chi connectivity index (χ0v) is 28.9. The first-order valence-corrected chi connectivity index (χ1v) is 17.1. The van der Waals surface area contributed by atoms with Gasteiger partial charge in [0.2, 0.25) is 11.8 Å². The van der Waals surface area contributed by atoms with Gasteiger partial charge in [-0.2, -0.15) is 23.4 Å². The maximum Gasteiger partial charge on any atom is 0.407 e.